The van der Waals surface area contributed by atoms with Crippen molar-refractivity contribution in [1.82, 2.24) is 4.90 Å². The summed E-state index contributed by atoms with van der Waals surface area (Å²) < 4.78 is 25.6. The van der Waals surface area contributed by atoms with Crippen molar-refractivity contribution in [1.29, 1.82) is 0 Å². The zero-order valence-corrected chi connectivity index (χ0v) is 20.9. The van der Waals surface area contributed by atoms with Crippen LogP contribution in [-0.2, 0) is 22.5 Å². The SMILES string of the molecule is CNc1c(O)ccc(CCN(Cc2c(F)cc(C(=O)O)cc2OC)C(=O)OC(C)(C)C)c1/C=C\C=O. The number of carbonyl (C=O) groups excluding carboxylic acids is 2. The Kier molecular flexibility index (Phi) is 9.43. The van der Waals surface area contributed by atoms with Crippen molar-refractivity contribution in [3.63, 3.8) is 0 Å². The highest BCUT2D eigenvalue weighted by Crippen LogP contribution is 2.32. The molecule has 10 heteroatoms. The molecular formula is C26H31FN2O7. The van der Waals surface area contributed by atoms with E-state index in [0.29, 0.717) is 23.1 Å². The Morgan fingerprint density at radius 1 is 1.22 bits per heavy atom. The smallest absolute Gasteiger partial charge is 0.410 e. The first kappa shape index (κ1) is 28.2. The number of phenols is 1. The molecule has 0 unspecified atom stereocenters. The van der Waals surface area contributed by atoms with Crippen LogP contribution in [0.3, 0.4) is 0 Å². The van der Waals surface area contributed by atoms with Crippen LogP contribution in [0.25, 0.3) is 6.08 Å². The lowest BCUT2D eigenvalue weighted by Gasteiger charge is -2.28. The number of hydrogen-bond donors (Lipinski definition) is 3. The molecule has 0 aliphatic heterocycles. The topological polar surface area (TPSA) is 125 Å². The van der Waals surface area contributed by atoms with Crippen LogP contribution in [0.5, 0.6) is 11.5 Å². The Hall–Kier alpha value is -4.08. The lowest BCUT2D eigenvalue weighted by atomic mass is 10.0. The Morgan fingerprint density at radius 2 is 1.92 bits per heavy atom. The Balaban J connectivity index is 2.46. The minimum atomic E-state index is -1.31. The fourth-order valence-corrected chi connectivity index (χ4v) is 3.54. The summed E-state index contributed by atoms with van der Waals surface area (Å²) in [5.74, 6) is -2.18. The zero-order valence-electron chi connectivity index (χ0n) is 20.9. The normalized spacial score (nSPS) is 11.3. The summed E-state index contributed by atoms with van der Waals surface area (Å²) in [7, 11) is 2.91. The molecule has 0 radical (unpaired) electrons. The number of amides is 1. The van der Waals surface area contributed by atoms with E-state index in [1.54, 1.807) is 40.0 Å². The minimum Gasteiger partial charge on any atom is -0.506 e. The van der Waals surface area contributed by atoms with Gasteiger partial charge in [0.1, 0.15) is 29.2 Å². The molecule has 194 valence electrons. The fourth-order valence-electron chi connectivity index (χ4n) is 3.54. The van der Waals surface area contributed by atoms with Crippen molar-refractivity contribution in [2.45, 2.75) is 39.3 Å². The summed E-state index contributed by atoms with van der Waals surface area (Å²) >= 11 is 0. The standard InChI is InChI=1S/C26H31FN2O7/c1-26(2,3)36-25(34)29(15-19-20(27)13-17(24(32)33)14-22(19)35-5)11-10-16-8-9-21(31)23(28-4)18(16)7-6-12-30/h6-9,12-14,28,31H,10-11,15H2,1-5H3,(H,32,33)/b7-6-. The molecule has 1 amide bonds. The first-order valence-electron chi connectivity index (χ1n) is 11.1. The number of hydrogen-bond acceptors (Lipinski definition) is 7. The maximum absolute atomic E-state index is 14.9. The van der Waals surface area contributed by atoms with Gasteiger partial charge in [0.2, 0.25) is 0 Å². The van der Waals surface area contributed by atoms with Gasteiger partial charge < -0.3 is 29.9 Å². The average Bonchev–Trinajstić information content (AvgIpc) is 2.80. The number of aldehydes is 1. The molecule has 2 rings (SSSR count). The number of phenolic OH excluding ortho intramolecular Hbond substituents is 1. The molecular weight excluding hydrogens is 471 g/mol. The van der Waals surface area contributed by atoms with Gasteiger partial charge in [-0.3, -0.25) is 4.79 Å². The molecule has 9 nitrogen and oxygen atoms in total. The van der Waals surface area contributed by atoms with E-state index in [9.17, 15) is 29.0 Å². The number of benzene rings is 2. The van der Waals surface area contributed by atoms with Crippen LogP contribution in [-0.4, -0.2) is 59.8 Å². The van der Waals surface area contributed by atoms with Gasteiger partial charge in [0.05, 0.1) is 24.9 Å². The summed E-state index contributed by atoms with van der Waals surface area (Å²) in [6.45, 7) is 4.93. The summed E-state index contributed by atoms with van der Waals surface area (Å²) in [6, 6.07) is 5.21. The predicted octanol–water partition coefficient (Wildman–Crippen LogP) is 4.47. The van der Waals surface area contributed by atoms with Crippen molar-refractivity contribution in [2.24, 2.45) is 0 Å². The maximum atomic E-state index is 14.9. The Bertz CT molecular complexity index is 1160. The Labute approximate surface area is 209 Å². The number of carboxylic acid groups (broad SMARTS) is 1. The lowest BCUT2D eigenvalue weighted by molar-refractivity contribution is -0.104. The molecule has 0 atom stereocenters. The van der Waals surface area contributed by atoms with Crippen LogP contribution in [0.15, 0.2) is 30.3 Å². The van der Waals surface area contributed by atoms with Crippen molar-refractivity contribution in [3.05, 3.63) is 58.4 Å². The summed E-state index contributed by atoms with van der Waals surface area (Å²) in [6.07, 6.45) is 3.00. The van der Waals surface area contributed by atoms with E-state index >= 15 is 0 Å². The molecule has 0 saturated heterocycles. The molecule has 0 aromatic heterocycles. The monoisotopic (exact) mass is 502 g/mol. The molecule has 0 aliphatic carbocycles. The minimum absolute atomic E-state index is 0.00365. The van der Waals surface area contributed by atoms with Crippen LogP contribution >= 0.6 is 0 Å². The molecule has 0 spiro atoms. The Morgan fingerprint density at radius 3 is 2.47 bits per heavy atom. The summed E-state index contributed by atoms with van der Waals surface area (Å²) in [4.78, 5) is 36.5. The second-order valence-electron chi connectivity index (χ2n) is 8.87. The van der Waals surface area contributed by atoms with E-state index in [0.717, 1.165) is 6.07 Å². The largest absolute Gasteiger partial charge is 0.506 e. The van der Waals surface area contributed by atoms with Crippen LogP contribution in [0.2, 0.25) is 0 Å². The van der Waals surface area contributed by atoms with Crippen LogP contribution in [0.1, 0.15) is 47.8 Å². The molecule has 36 heavy (non-hydrogen) atoms. The molecule has 0 bridgehead atoms. The number of ether oxygens (including phenoxy) is 2. The molecule has 2 aromatic carbocycles. The van der Waals surface area contributed by atoms with Gasteiger partial charge in [0, 0.05) is 24.7 Å². The third-order valence-corrected chi connectivity index (χ3v) is 5.18. The number of carboxylic acids is 1. The van der Waals surface area contributed by atoms with Gasteiger partial charge in [0.15, 0.2) is 0 Å². The molecule has 2 aromatic rings. The van der Waals surface area contributed by atoms with Gasteiger partial charge in [-0.15, -0.1) is 0 Å². The molecule has 0 saturated carbocycles. The highest BCUT2D eigenvalue weighted by molar-refractivity contribution is 5.88. The summed E-state index contributed by atoms with van der Waals surface area (Å²) in [5, 5.41) is 22.3. The predicted molar refractivity (Wildman–Crippen MR) is 133 cm³/mol. The number of aromatic hydroxyl groups is 1. The number of nitrogens with zero attached hydrogens (tertiary/aromatic N) is 1. The zero-order chi connectivity index (χ0) is 27.0. The van der Waals surface area contributed by atoms with Gasteiger partial charge in [-0.1, -0.05) is 6.07 Å². The number of aromatic carboxylic acids is 1. The van der Waals surface area contributed by atoms with Crippen LogP contribution < -0.4 is 10.1 Å². The first-order valence-corrected chi connectivity index (χ1v) is 11.1. The van der Waals surface area contributed by atoms with Gasteiger partial charge in [-0.2, -0.15) is 0 Å². The second kappa shape index (κ2) is 12.1. The van der Waals surface area contributed by atoms with Crippen LogP contribution in [0, 0.1) is 5.82 Å². The highest BCUT2D eigenvalue weighted by atomic mass is 19.1. The number of halogens is 1. The van der Waals surface area contributed by atoms with Gasteiger partial charge in [0.25, 0.3) is 0 Å². The van der Waals surface area contributed by atoms with E-state index in [1.807, 2.05) is 0 Å². The van der Waals surface area contributed by atoms with E-state index in [-0.39, 0.29) is 42.1 Å². The van der Waals surface area contributed by atoms with Gasteiger partial charge in [-0.25, -0.2) is 14.0 Å². The first-order chi connectivity index (χ1) is 16.9. The van der Waals surface area contributed by atoms with Gasteiger partial charge in [-0.05, 0) is 63.1 Å². The highest BCUT2D eigenvalue weighted by Gasteiger charge is 2.26. The number of rotatable bonds is 10. The average molecular weight is 503 g/mol. The van der Waals surface area contributed by atoms with Crippen molar-refractivity contribution in [2.75, 3.05) is 26.0 Å². The molecule has 3 N–H and O–H groups in total. The third-order valence-electron chi connectivity index (χ3n) is 5.18. The molecule has 0 fully saturated rings. The van der Waals surface area contributed by atoms with E-state index < -0.39 is 23.5 Å². The van der Waals surface area contributed by atoms with E-state index in [1.165, 1.54) is 30.2 Å². The van der Waals surface area contributed by atoms with Crippen LogP contribution in [0.4, 0.5) is 14.9 Å². The number of anilines is 1. The number of allylic oxidation sites excluding steroid dienone is 1. The maximum Gasteiger partial charge on any atom is 0.410 e. The fraction of sp³-hybridized carbons (Fsp3) is 0.346. The van der Waals surface area contributed by atoms with Crippen molar-refractivity contribution in [3.8, 4) is 11.5 Å². The van der Waals surface area contributed by atoms with Crippen molar-refractivity contribution < 1.29 is 38.5 Å². The van der Waals surface area contributed by atoms with E-state index in [4.69, 9.17) is 9.47 Å². The molecule has 0 aliphatic rings. The van der Waals surface area contributed by atoms with Crippen molar-refractivity contribution >= 4 is 30.1 Å². The number of methoxy groups -OCH3 is 1. The number of carbonyl (C=O) groups is 3. The quantitative estimate of drug-likeness (QED) is 0.247. The molecule has 0 heterocycles. The third kappa shape index (κ3) is 7.21. The summed E-state index contributed by atoms with van der Waals surface area (Å²) in [5.41, 5.74) is 0.566. The van der Waals surface area contributed by atoms with E-state index in [2.05, 4.69) is 5.32 Å². The second-order valence-corrected chi connectivity index (χ2v) is 8.87. The lowest BCUT2D eigenvalue weighted by Crippen LogP contribution is -2.38. The van der Waals surface area contributed by atoms with Gasteiger partial charge >= 0.3 is 12.1 Å². The number of nitrogens with one attached hydrogen (secondary N) is 1.